The molecule has 0 N–H and O–H groups in total. The molecule has 0 radical (unpaired) electrons. The Balaban J connectivity index is 1.57. The predicted octanol–water partition coefficient (Wildman–Crippen LogP) is 2.66. The summed E-state index contributed by atoms with van der Waals surface area (Å²) in [6.07, 6.45) is 1.78. The summed E-state index contributed by atoms with van der Waals surface area (Å²) in [5.74, 6) is 0.683. The van der Waals surface area contributed by atoms with E-state index in [4.69, 9.17) is 9.47 Å². The van der Waals surface area contributed by atoms with Gasteiger partial charge in [-0.1, -0.05) is 18.2 Å². The standard InChI is InChI=1S/C19H22N2O3/c1-15(22)16-3-2-4-17(13-16)18-5-6-19(20-14-18)24-12-9-21-7-10-23-11-8-21/h2-6,13-14H,7-12H2,1H3. The summed E-state index contributed by atoms with van der Waals surface area (Å²) in [5.41, 5.74) is 2.66. The maximum Gasteiger partial charge on any atom is 0.213 e. The fourth-order valence-electron chi connectivity index (χ4n) is 2.66. The summed E-state index contributed by atoms with van der Waals surface area (Å²) in [6, 6.07) is 11.4. The molecule has 0 bridgehead atoms. The quantitative estimate of drug-likeness (QED) is 0.764. The zero-order valence-corrected chi connectivity index (χ0v) is 13.9. The highest BCUT2D eigenvalue weighted by Crippen LogP contribution is 2.21. The molecule has 3 rings (SSSR count). The first kappa shape index (κ1) is 16.6. The molecule has 0 atom stereocenters. The number of hydrogen-bond donors (Lipinski definition) is 0. The Morgan fingerprint density at radius 2 is 2.04 bits per heavy atom. The summed E-state index contributed by atoms with van der Waals surface area (Å²) in [7, 11) is 0. The van der Waals surface area contributed by atoms with Crippen LogP contribution in [-0.4, -0.2) is 55.1 Å². The zero-order chi connectivity index (χ0) is 16.8. The molecule has 1 aromatic carbocycles. The van der Waals surface area contributed by atoms with Crippen molar-refractivity contribution in [1.82, 2.24) is 9.88 Å². The van der Waals surface area contributed by atoms with E-state index in [0.717, 1.165) is 44.0 Å². The number of rotatable bonds is 6. The van der Waals surface area contributed by atoms with Crippen molar-refractivity contribution < 1.29 is 14.3 Å². The molecule has 1 aromatic heterocycles. The number of carbonyl (C=O) groups is 1. The SMILES string of the molecule is CC(=O)c1cccc(-c2ccc(OCCN3CCOCC3)nc2)c1. The summed E-state index contributed by atoms with van der Waals surface area (Å²) in [6.45, 7) is 6.59. The molecule has 0 amide bonds. The molecule has 0 saturated carbocycles. The zero-order valence-electron chi connectivity index (χ0n) is 13.9. The molecule has 1 fully saturated rings. The van der Waals surface area contributed by atoms with E-state index in [1.54, 1.807) is 13.1 Å². The van der Waals surface area contributed by atoms with E-state index < -0.39 is 0 Å². The van der Waals surface area contributed by atoms with E-state index in [1.165, 1.54) is 0 Å². The lowest BCUT2D eigenvalue weighted by Gasteiger charge is -2.26. The Morgan fingerprint density at radius 3 is 2.75 bits per heavy atom. The molecule has 0 unspecified atom stereocenters. The van der Waals surface area contributed by atoms with Crippen LogP contribution in [0.2, 0.25) is 0 Å². The molecule has 0 aliphatic carbocycles. The number of carbonyl (C=O) groups excluding carboxylic acids is 1. The molecule has 1 saturated heterocycles. The minimum atomic E-state index is 0.0628. The monoisotopic (exact) mass is 326 g/mol. The summed E-state index contributed by atoms with van der Waals surface area (Å²) >= 11 is 0. The van der Waals surface area contributed by atoms with Crippen LogP contribution in [0.4, 0.5) is 0 Å². The highest BCUT2D eigenvalue weighted by atomic mass is 16.5. The second-order valence-corrected chi connectivity index (χ2v) is 5.82. The largest absolute Gasteiger partial charge is 0.476 e. The number of morpholine rings is 1. The van der Waals surface area contributed by atoms with Gasteiger partial charge in [-0.3, -0.25) is 9.69 Å². The lowest BCUT2D eigenvalue weighted by Crippen LogP contribution is -2.38. The number of ether oxygens (including phenoxy) is 2. The molecule has 0 spiro atoms. The minimum absolute atomic E-state index is 0.0628. The van der Waals surface area contributed by atoms with Crippen LogP contribution in [0.1, 0.15) is 17.3 Å². The summed E-state index contributed by atoms with van der Waals surface area (Å²) in [5, 5.41) is 0. The van der Waals surface area contributed by atoms with Crippen molar-refractivity contribution in [2.45, 2.75) is 6.92 Å². The summed E-state index contributed by atoms with van der Waals surface area (Å²) < 4.78 is 11.0. The number of Topliss-reactive ketones (excluding diaryl/α,β-unsaturated/α-hetero) is 1. The van der Waals surface area contributed by atoms with Crippen LogP contribution >= 0.6 is 0 Å². The second kappa shape index (κ2) is 8.04. The topological polar surface area (TPSA) is 51.7 Å². The van der Waals surface area contributed by atoms with E-state index in [2.05, 4.69) is 9.88 Å². The lowest BCUT2D eigenvalue weighted by molar-refractivity contribution is 0.0320. The highest BCUT2D eigenvalue weighted by Gasteiger charge is 2.10. The average Bonchev–Trinajstić information content (AvgIpc) is 2.63. The van der Waals surface area contributed by atoms with E-state index in [9.17, 15) is 4.79 Å². The van der Waals surface area contributed by atoms with Gasteiger partial charge in [-0.2, -0.15) is 0 Å². The van der Waals surface area contributed by atoms with Crippen molar-refractivity contribution in [3.8, 4) is 17.0 Å². The van der Waals surface area contributed by atoms with Gasteiger partial charge in [-0.05, 0) is 24.6 Å². The molecule has 5 nitrogen and oxygen atoms in total. The van der Waals surface area contributed by atoms with Gasteiger partial charge in [-0.25, -0.2) is 4.98 Å². The van der Waals surface area contributed by atoms with Crippen LogP contribution < -0.4 is 4.74 Å². The molecule has 5 heteroatoms. The molecular weight excluding hydrogens is 304 g/mol. The van der Waals surface area contributed by atoms with E-state index in [-0.39, 0.29) is 5.78 Å². The van der Waals surface area contributed by atoms with Gasteiger partial charge in [-0.15, -0.1) is 0 Å². The number of benzene rings is 1. The Hall–Kier alpha value is -2.24. The molecule has 126 valence electrons. The maximum atomic E-state index is 11.5. The van der Waals surface area contributed by atoms with Gasteiger partial charge in [0.2, 0.25) is 5.88 Å². The number of hydrogen-bond acceptors (Lipinski definition) is 5. The van der Waals surface area contributed by atoms with Gasteiger partial charge in [0.05, 0.1) is 13.2 Å². The van der Waals surface area contributed by atoms with Gasteiger partial charge < -0.3 is 9.47 Å². The Labute approximate surface area is 142 Å². The molecule has 2 aromatic rings. The smallest absolute Gasteiger partial charge is 0.213 e. The lowest BCUT2D eigenvalue weighted by atomic mass is 10.0. The van der Waals surface area contributed by atoms with Crippen LogP contribution in [0.25, 0.3) is 11.1 Å². The van der Waals surface area contributed by atoms with Gasteiger partial charge in [0.25, 0.3) is 0 Å². The van der Waals surface area contributed by atoms with Crippen LogP contribution in [-0.2, 0) is 4.74 Å². The molecule has 2 heterocycles. The Kier molecular flexibility index (Phi) is 5.56. The van der Waals surface area contributed by atoms with Gasteiger partial charge >= 0.3 is 0 Å². The third kappa shape index (κ3) is 4.40. The van der Waals surface area contributed by atoms with Gasteiger partial charge in [0.1, 0.15) is 6.61 Å². The van der Waals surface area contributed by atoms with E-state index in [1.807, 2.05) is 36.4 Å². The highest BCUT2D eigenvalue weighted by molar-refractivity contribution is 5.95. The van der Waals surface area contributed by atoms with E-state index >= 15 is 0 Å². The van der Waals surface area contributed by atoms with Crippen LogP contribution in [0.5, 0.6) is 5.88 Å². The fourth-order valence-corrected chi connectivity index (χ4v) is 2.66. The maximum absolute atomic E-state index is 11.5. The van der Waals surface area contributed by atoms with Crippen molar-refractivity contribution in [2.75, 3.05) is 39.5 Å². The fraction of sp³-hybridized carbons (Fsp3) is 0.368. The number of ketones is 1. The molecule has 24 heavy (non-hydrogen) atoms. The molecule has 1 aliphatic heterocycles. The van der Waals surface area contributed by atoms with Gasteiger partial charge in [0, 0.05) is 43.0 Å². The van der Waals surface area contributed by atoms with Crippen LogP contribution in [0.3, 0.4) is 0 Å². The normalized spacial score (nSPS) is 15.2. The molecular formula is C19H22N2O3. The van der Waals surface area contributed by atoms with Crippen LogP contribution in [0.15, 0.2) is 42.6 Å². The Morgan fingerprint density at radius 1 is 1.21 bits per heavy atom. The van der Waals surface area contributed by atoms with E-state index in [0.29, 0.717) is 18.1 Å². The van der Waals surface area contributed by atoms with Crippen molar-refractivity contribution in [3.05, 3.63) is 48.2 Å². The molecule has 1 aliphatic rings. The predicted molar refractivity (Wildman–Crippen MR) is 92.4 cm³/mol. The number of aromatic nitrogens is 1. The third-order valence-electron chi connectivity index (χ3n) is 4.10. The van der Waals surface area contributed by atoms with Crippen molar-refractivity contribution in [1.29, 1.82) is 0 Å². The van der Waals surface area contributed by atoms with Gasteiger partial charge in [0.15, 0.2) is 5.78 Å². The van der Waals surface area contributed by atoms with Crippen molar-refractivity contribution in [2.24, 2.45) is 0 Å². The minimum Gasteiger partial charge on any atom is -0.476 e. The summed E-state index contributed by atoms with van der Waals surface area (Å²) in [4.78, 5) is 18.2. The first-order chi connectivity index (χ1) is 11.7. The first-order valence-electron chi connectivity index (χ1n) is 8.23. The second-order valence-electron chi connectivity index (χ2n) is 5.82. The van der Waals surface area contributed by atoms with Crippen molar-refractivity contribution in [3.63, 3.8) is 0 Å². The number of pyridine rings is 1. The van der Waals surface area contributed by atoms with Crippen LogP contribution in [0, 0.1) is 0 Å². The Bertz CT molecular complexity index is 679. The first-order valence-corrected chi connectivity index (χ1v) is 8.23. The average molecular weight is 326 g/mol. The third-order valence-corrected chi connectivity index (χ3v) is 4.10. The number of nitrogens with zero attached hydrogens (tertiary/aromatic N) is 2. The van der Waals surface area contributed by atoms with Crippen molar-refractivity contribution >= 4 is 5.78 Å².